The molecule has 0 fully saturated rings. The van der Waals surface area contributed by atoms with E-state index >= 15 is 0 Å². The molecule has 0 saturated carbocycles. The van der Waals surface area contributed by atoms with Gasteiger partial charge in [-0.15, -0.1) is 22.9 Å². The summed E-state index contributed by atoms with van der Waals surface area (Å²) in [7, 11) is 0. The zero-order valence-corrected chi connectivity index (χ0v) is 14.2. The molecule has 1 unspecified atom stereocenters. The Morgan fingerprint density at radius 2 is 2.10 bits per heavy atom. The molecule has 3 rings (SSSR count). The molecule has 0 amide bonds. The van der Waals surface area contributed by atoms with E-state index in [4.69, 9.17) is 11.6 Å². The Hall–Kier alpha value is -0.840. The maximum Gasteiger partial charge on any atom is 0.127 e. The average molecular weight is 370 g/mol. The van der Waals surface area contributed by atoms with E-state index in [0.717, 1.165) is 29.8 Å². The molecule has 104 valence electrons. The summed E-state index contributed by atoms with van der Waals surface area (Å²) < 4.78 is 3.41. The van der Waals surface area contributed by atoms with Crippen molar-refractivity contribution in [2.75, 3.05) is 0 Å². The Balaban J connectivity index is 1.94. The number of imidazole rings is 1. The van der Waals surface area contributed by atoms with E-state index in [0.29, 0.717) is 0 Å². The maximum atomic E-state index is 6.28. The molecule has 1 aromatic carbocycles. The fraction of sp³-hybridized carbons (Fsp3) is 0.267. The van der Waals surface area contributed by atoms with Crippen LogP contribution in [-0.2, 0) is 13.0 Å². The molecule has 20 heavy (non-hydrogen) atoms. The predicted molar refractivity (Wildman–Crippen MR) is 89.7 cm³/mol. The van der Waals surface area contributed by atoms with E-state index in [1.807, 2.05) is 25.1 Å². The first-order valence-electron chi connectivity index (χ1n) is 6.48. The normalized spacial score (nSPS) is 12.9. The minimum absolute atomic E-state index is 0.0857. The van der Waals surface area contributed by atoms with Crippen LogP contribution in [0, 0.1) is 0 Å². The van der Waals surface area contributed by atoms with Gasteiger partial charge in [0.25, 0.3) is 0 Å². The van der Waals surface area contributed by atoms with Crippen molar-refractivity contribution in [2.24, 2.45) is 0 Å². The number of halogens is 2. The van der Waals surface area contributed by atoms with Crippen LogP contribution in [0.4, 0.5) is 0 Å². The lowest BCUT2D eigenvalue weighted by atomic mass is 10.3. The lowest BCUT2D eigenvalue weighted by Crippen LogP contribution is -2.06. The Bertz CT molecular complexity index is 732. The van der Waals surface area contributed by atoms with Crippen LogP contribution in [0.15, 0.2) is 40.2 Å². The monoisotopic (exact) mass is 368 g/mol. The minimum Gasteiger partial charge on any atom is -0.326 e. The molecule has 3 aromatic rings. The first-order chi connectivity index (χ1) is 9.65. The summed E-state index contributed by atoms with van der Waals surface area (Å²) in [5.41, 5.74) is 2.17. The van der Waals surface area contributed by atoms with Crippen molar-refractivity contribution in [3.05, 3.63) is 50.9 Å². The Labute approximate surface area is 135 Å². The van der Waals surface area contributed by atoms with Crippen molar-refractivity contribution in [1.82, 2.24) is 9.55 Å². The number of fused-ring (bicyclic) bond motifs is 1. The van der Waals surface area contributed by atoms with Crippen molar-refractivity contribution < 1.29 is 0 Å². The van der Waals surface area contributed by atoms with Crippen molar-refractivity contribution >= 4 is 49.9 Å². The van der Waals surface area contributed by atoms with Gasteiger partial charge in [-0.25, -0.2) is 4.98 Å². The molecule has 0 N–H and O–H groups in total. The van der Waals surface area contributed by atoms with Gasteiger partial charge in [-0.05, 0) is 53.5 Å². The molecule has 2 aromatic heterocycles. The molecule has 0 aliphatic heterocycles. The minimum atomic E-state index is -0.0857. The number of hydrogen-bond donors (Lipinski definition) is 0. The van der Waals surface area contributed by atoms with Crippen LogP contribution in [-0.4, -0.2) is 9.55 Å². The van der Waals surface area contributed by atoms with Crippen LogP contribution in [0.2, 0.25) is 0 Å². The zero-order chi connectivity index (χ0) is 14.1. The van der Waals surface area contributed by atoms with Crippen LogP contribution in [0.5, 0.6) is 0 Å². The highest BCUT2D eigenvalue weighted by molar-refractivity contribution is 9.11. The number of rotatable bonds is 4. The van der Waals surface area contributed by atoms with Gasteiger partial charge in [-0.3, -0.25) is 0 Å². The Morgan fingerprint density at radius 3 is 2.80 bits per heavy atom. The smallest absolute Gasteiger partial charge is 0.127 e. The second-order valence-corrected chi connectivity index (χ2v) is 7.88. The third-order valence-corrected chi connectivity index (χ3v) is 5.13. The molecule has 0 saturated heterocycles. The molecule has 0 aliphatic rings. The first kappa shape index (κ1) is 14.1. The number of aromatic nitrogens is 2. The number of nitrogens with zero attached hydrogens (tertiary/aromatic N) is 2. The molecular weight excluding hydrogens is 356 g/mol. The van der Waals surface area contributed by atoms with Gasteiger partial charge >= 0.3 is 0 Å². The van der Waals surface area contributed by atoms with E-state index in [1.165, 1.54) is 8.66 Å². The number of aryl methyl sites for hydroxylation is 2. The molecule has 0 aliphatic carbocycles. The molecule has 0 radical (unpaired) electrons. The van der Waals surface area contributed by atoms with Gasteiger partial charge in [0.05, 0.1) is 20.2 Å². The van der Waals surface area contributed by atoms with Gasteiger partial charge in [-0.2, -0.15) is 0 Å². The predicted octanol–water partition coefficient (Wildman–Crippen LogP) is 5.40. The standard InChI is InChI=1S/C15H14BrClN2S/c1-10(17)15-18-12-4-2-3-5-13(12)19(15)9-8-11-6-7-14(16)20-11/h2-7,10H,8-9H2,1H3. The molecule has 0 spiro atoms. The highest BCUT2D eigenvalue weighted by Crippen LogP contribution is 2.27. The van der Waals surface area contributed by atoms with E-state index in [1.54, 1.807) is 11.3 Å². The SMILES string of the molecule is CC(Cl)c1nc2ccccc2n1CCc1ccc(Br)s1. The molecular formula is C15H14BrClN2S. The number of alkyl halides is 1. The molecule has 1 atom stereocenters. The molecule has 2 heterocycles. The number of thiophene rings is 1. The number of hydrogen-bond acceptors (Lipinski definition) is 2. The van der Waals surface area contributed by atoms with Crippen LogP contribution in [0.3, 0.4) is 0 Å². The fourth-order valence-corrected chi connectivity index (χ4v) is 3.98. The Kier molecular flexibility index (Phi) is 4.15. The maximum absolute atomic E-state index is 6.28. The topological polar surface area (TPSA) is 17.8 Å². The van der Waals surface area contributed by atoms with Crippen LogP contribution in [0.25, 0.3) is 11.0 Å². The van der Waals surface area contributed by atoms with E-state index < -0.39 is 0 Å². The Morgan fingerprint density at radius 1 is 1.30 bits per heavy atom. The van der Waals surface area contributed by atoms with Gasteiger partial charge in [0.15, 0.2) is 0 Å². The molecule has 0 bridgehead atoms. The summed E-state index contributed by atoms with van der Waals surface area (Å²) in [5.74, 6) is 0.948. The van der Waals surface area contributed by atoms with Gasteiger partial charge < -0.3 is 4.57 Å². The summed E-state index contributed by atoms with van der Waals surface area (Å²) >= 11 is 11.6. The van der Waals surface area contributed by atoms with Crippen LogP contribution >= 0.6 is 38.9 Å². The zero-order valence-electron chi connectivity index (χ0n) is 11.0. The second kappa shape index (κ2) is 5.88. The highest BCUT2D eigenvalue weighted by atomic mass is 79.9. The van der Waals surface area contributed by atoms with Crippen molar-refractivity contribution in [2.45, 2.75) is 25.3 Å². The highest BCUT2D eigenvalue weighted by Gasteiger charge is 2.14. The average Bonchev–Trinajstić information content (AvgIpc) is 3.00. The summed E-state index contributed by atoms with van der Waals surface area (Å²) in [4.78, 5) is 6.02. The first-order valence-corrected chi connectivity index (χ1v) is 8.53. The summed E-state index contributed by atoms with van der Waals surface area (Å²) in [6.45, 7) is 2.88. The van der Waals surface area contributed by atoms with E-state index in [2.05, 4.69) is 43.7 Å². The summed E-state index contributed by atoms with van der Waals surface area (Å²) in [5, 5.41) is -0.0857. The van der Waals surface area contributed by atoms with Gasteiger partial charge in [-0.1, -0.05) is 12.1 Å². The van der Waals surface area contributed by atoms with Crippen molar-refractivity contribution in [3.63, 3.8) is 0 Å². The van der Waals surface area contributed by atoms with Crippen LogP contribution in [0.1, 0.15) is 23.0 Å². The largest absolute Gasteiger partial charge is 0.326 e. The lowest BCUT2D eigenvalue weighted by Gasteiger charge is -2.09. The van der Waals surface area contributed by atoms with Crippen molar-refractivity contribution in [3.8, 4) is 0 Å². The summed E-state index contributed by atoms with van der Waals surface area (Å²) in [6, 6.07) is 12.5. The van der Waals surface area contributed by atoms with Gasteiger partial charge in [0.2, 0.25) is 0 Å². The summed E-state index contributed by atoms with van der Waals surface area (Å²) in [6.07, 6.45) is 0.993. The molecule has 2 nitrogen and oxygen atoms in total. The second-order valence-electron chi connectivity index (χ2n) is 4.68. The van der Waals surface area contributed by atoms with Crippen molar-refractivity contribution in [1.29, 1.82) is 0 Å². The quantitative estimate of drug-likeness (QED) is 0.563. The number of benzene rings is 1. The lowest BCUT2D eigenvalue weighted by molar-refractivity contribution is 0.672. The van der Waals surface area contributed by atoms with Gasteiger partial charge in [0.1, 0.15) is 5.82 Å². The number of para-hydroxylation sites is 2. The third-order valence-electron chi connectivity index (χ3n) is 3.25. The fourth-order valence-electron chi connectivity index (χ4n) is 2.34. The van der Waals surface area contributed by atoms with E-state index in [-0.39, 0.29) is 5.38 Å². The third kappa shape index (κ3) is 2.78. The van der Waals surface area contributed by atoms with E-state index in [9.17, 15) is 0 Å². The van der Waals surface area contributed by atoms with Gasteiger partial charge in [0, 0.05) is 11.4 Å². The van der Waals surface area contributed by atoms with Crippen LogP contribution < -0.4 is 0 Å². The molecule has 5 heteroatoms.